The lowest BCUT2D eigenvalue weighted by atomic mass is 10.1. The number of anilines is 1. The van der Waals surface area contributed by atoms with Gasteiger partial charge in [-0.25, -0.2) is 0 Å². The molecule has 0 bridgehead atoms. The maximum atomic E-state index is 12.6. The van der Waals surface area contributed by atoms with E-state index in [0.717, 1.165) is 44.0 Å². The van der Waals surface area contributed by atoms with E-state index in [4.69, 9.17) is 0 Å². The summed E-state index contributed by atoms with van der Waals surface area (Å²) in [5.74, 6) is 0.152. The zero-order valence-corrected chi connectivity index (χ0v) is 14.5. The van der Waals surface area contributed by atoms with Crippen LogP contribution in [0.4, 0.5) is 5.69 Å². The van der Waals surface area contributed by atoms with Crippen LogP contribution in [0.25, 0.3) is 0 Å². The average molecular weight is 324 g/mol. The van der Waals surface area contributed by atoms with Crippen LogP contribution in [0.3, 0.4) is 0 Å². The predicted octanol–water partition coefficient (Wildman–Crippen LogP) is 1.29. The summed E-state index contributed by atoms with van der Waals surface area (Å²) in [5.41, 5.74) is 3.27. The molecule has 0 saturated carbocycles. The first-order chi connectivity index (χ1) is 11.6. The molecular formula is C20H26N3O+. The maximum absolute atomic E-state index is 12.6. The van der Waals surface area contributed by atoms with Gasteiger partial charge in [-0.3, -0.25) is 4.79 Å². The molecule has 1 N–H and O–H groups in total. The van der Waals surface area contributed by atoms with E-state index < -0.39 is 0 Å². The summed E-state index contributed by atoms with van der Waals surface area (Å²) in [6.07, 6.45) is 0. The highest BCUT2D eigenvalue weighted by molar-refractivity contribution is 5.94. The van der Waals surface area contributed by atoms with Crippen molar-refractivity contribution in [3.63, 3.8) is 0 Å². The van der Waals surface area contributed by atoms with Gasteiger partial charge >= 0.3 is 0 Å². The van der Waals surface area contributed by atoms with E-state index >= 15 is 0 Å². The van der Waals surface area contributed by atoms with Crippen LogP contribution in [-0.4, -0.2) is 51.1 Å². The van der Waals surface area contributed by atoms with Crippen LogP contribution in [0.5, 0.6) is 0 Å². The highest BCUT2D eigenvalue weighted by atomic mass is 16.2. The van der Waals surface area contributed by atoms with Crippen molar-refractivity contribution in [1.29, 1.82) is 0 Å². The largest absolute Gasteiger partial charge is 0.378 e. The van der Waals surface area contributed by atoms with E-state index in [2.05, 4.69) is 30.3 Å². The SMILES string of the molecule is CN(C)c1ccc(C(=O)N2CC[NH+](Cc3ccccc3)CC2)cc1. The first-order valence-corrected chi connectivity index (χ1v) is 8.57. The molecule has 4 nitrogen and oxygen atoms in total. The molecule has 0 aliphatic carbocycles. The van der Waals surface area contributed by atoms with E-state index in [0.29, 0.717) is 0 Å². The molecule has 2 aromatic rings. The molecule has 1 aliphatic rings. The molecule has 2 aromatic carbocycles. The summed E-state index contributed by atoms with van der Waals surface area (Å²) in [7, 11) is 4.01. The second-order valence-corrected chi connectivity index (χ2v) is 6.65. The third-order valence-electron chi connectivity index (χ3n) is 4.69. The highest BCUT2D eigenvalue weighted by Crippen LogP contribution is 2.14. The fourth-order valence-corrected chi connectivity index (χ4v) is 3.17. The summed E-state index contributed by atoms with van der Waals surface area (Å²) >= 11 is 0. The zero-order chi connectivity index (χ0) is 16.9. The predicted molar refractivity (Wildman–Crippen MR) is 97.5 cm³/mol. The third-order valence-corrected chi connectivity index (χ3v) is 4.69. The lowest BCUT2D eigenvalue weighted by Crippen LogP contribution is -3.13. The Hall–Kier alpha value is -2.33. The minimum Gasteiger partial charge on any atom is -0.378 e. The molecule has 0 aromatic heterocycles. The molecule has 0 atom stereocenters. The summed E-state index contributed by atoms with van der Waals surface area (Å²) in [4.78, 5) is 18.2. The Balaban J connectivity index is 1.55. The number of nitrogens with one attached hydrogen (secondary N) is 1. The van der Waals surface area contributed by atoms with E-state index in [1.807, 2.05) is 48.2 Å². The number of nitrogens with zero attached hydrogens (tertiary/aromatic N) is 2. The van der Waals surface area contributed by atoms with E-state index in [9.17, 15) is 4.79 Å². The quantitative estimate of drug-likeness (QED) is 0.918. The van der Waals surface area contributed by atoms with Gasteiger partial charge in [-0.05, 0) is 24.3 Å². The Kier molecular flexibility index (Phi) is 5.16. The normalized spacial score (nSPS) is 15.3. The van der Waals surface area contributed by atoms with Crippen LogP contribution in [0.1, 0.15) is 15.9 Å². The second-order valence-electron chi connectivity index (χ2n) is 6.65. The highest BCUT2D eigenvalue weighted by Gasteiger charge is 2.24. The summed E-state index contributed by atoms with van der Waals surface area (Å²) in [5, 5.41) is 0. The first kappa shape index (κ1) is 16.5. The van der Waals surface area contributed by atoms with E-state index in [1.54, 1.807) is 4.90 Å². The lowest BCUT2D eigenvalue weighted by Gasteiger charge is -2.32. The van der Waals surface area contributed by atoms with Crippen molar-refractivity contribution in [1.82, 2.24) is 4.90 Å². The summed E-state index contributed by atoms with van der Waals surface area (Å²) in [6, 6.07) is 18.5. The average Bonchev–Trinajstić information content (AvgIpc) is 2.63. The van der Waals surface area contributed by atoms with Gasteiger partial charge in [0.15, 0.2) is 0 Å². The molecule has 1 heterocycles. The maximum Gasteiger partial charge on any atom is 0.254 e. The number of hydrogen-bond donors (Lipinski definition) is 1. The molecule has 0 spiro atoms. The fraction of sp³-hybridized carbons (Fsp3) is 0.350. The minimum atomic E-state index is 0.152. The second kappa shape index (κ2) is 7.49. The number of carbonyl (C=O) groups is 1. The van der Waals surface area contributed by atoms with E-state index in [-0.39, 0.29) is 5.91 Å². The molecule has 1 fully saturated rings. The van der Waals surface area contributed by atoms with Crippen LogP contribution in [0, 0.1) is 0 Å². The Labute approximate surface area is 144 Å². The molecule has 126 valence electrons. The lowest BCUT2D eigenvalue weighted by molar-refractivity contribution is -0.917. The number of hydrogen-bond acceptors (Lipinski definition) is 2. The molecule has 0 radical (unpaired) electrons. The van der Waals surface area contributed by atoms with Gasteiger partial charge in [0.1, 0.15) is 6.54 Å². The van der Waals surface area contributed by atoms with Gasteiger partial charge in [-0.2, -0.15) is 0 Å². The van der Waals surface area contributed by atoms with Crippen LogP contribution in [0.15, 0.2) is 54.6 Å². The Morgan fingerprint density at radius 2 is 1.62 bits per heavy atom. The Bertz CT molecular complexity index is 659. The smallest absolute Gasteiger partial charge is 0.254 e. The van der Waals surface area contributed by atoms with Crippen LogP contribution < -0.4 is 9.80 Å². The van der Waals surface area contributed by atoms with Crippen molar-refractivity contribution in [2.24, 2.45) is 0 Å². The number of piperazine rings is 1. The first-order valence-electron chi connectivity index (χ1n) is 8.57. The van der Waals surface area contributed by atoms with Gasteiger partial charge in [-0.15, -0.1) is 0 Å². The monoisotopic (exact) mass is 324 g/mol. The van der Waals surface area contributed by atoms with Gasteiger partial charge in [-0.1, -0.05) is 30.3 Å². The molecule has 24 heavy (non-hydrogen) atoms. The van der Waals surface area contributed by atoms with Gasteiger partial charge in [0.2, 0.25) is 0 Å². The van der Waals surface area contributed by atoms with Gasteiger partial charge in [0.05, 0.1) is 26.2 Å². The fourth-order valence-electron chi connectivity index (χ4n) is 3.17. The number of rotatable bonds is 4. The molecule has 1 aliphatic heterocycles. The zero-order valence-electron chi connectivity index (χ0n) is 14.5. The van der Waals surface area contributed by atoms with Gasteiger partial charge in [0, 0.05) is 30.9 Å². The molecule has 4 heteroatoms. The molecule has 1 saturated heterocycles. The van der Waals surface area contributed by atoms with Crippen molar-refractivity contribution in [3.05, 3.63) is 65.7 Å². The van der Waals surface area contributed by atoms with Crippen molar-refractivity contribution in [2.45, 2.75) is 6.54 Å². The number of carbonyl (C=O) groups excluding carboxylic acids is 1. The Morgan fingerprint density at radius 3 is 2.21 bits per heavy atom. The molecular weight excluding hydrogens is 298 g/mol. The van der Waals surface area contributed by atoms with E-state index in [1.165, 1.54) is 5.56 Å². The topological polar surface area (TPSA) is 28.0 Å². The van der Waals surface area contributed by atoms with Gasteiger partial charge in [0.25, 0.3) is 5.91 Å². The van der Waals surface area contributed by atoms with Crippen molar-refractivity contribution in [2.75, 3.05) is 45.2 Å². The van der Waals surface area contributed by atoms with Crippen molar-refractivity contribution >= 4 is 11.6 Å². The standard InChI is InChI=1S/C20H25N3O/c1-21(2)19-10-8-18(9-11-19)20(24)23-14-12-22(13-15-23)16-17-6-4-3-5-7-17/h3-11H,12-16H2,1-2H3/p+1. The molecule has 3 rings (SSSR count). The summed E-state index contributed by atoms with van der Waals surface area (Å²) < 4.78 is 0. The van der Waals surface area contributed by atoms with Gasteiger partial charge < -0.3 is 14.7 Å². The van der Waals surface area contributed by atoms with Crippen LogP contribution in [0.2, 0.25) is 0 Å². The van der Waals surface area contributed by atoms with Crippen LogP contribution in [-0.2, 0) is 6.54 Å². The minimum absolute atomic E-state index is 0.152. The number of benzene rings is 2. The summed E-state index contributed by atoms with van der Waals surface area (Å²) in [6.45, 7) is 4.72. The number of amides is 1. The third kappa shape index (κ3) is 3.95. The van der Waals surface area contributed by atoms with Crippen LogP contribution >= 0.6 is 0 Å². The molecule has 0 unspecified atom stereocenters. The molecule has 1 amide bonds. The number of quaternary nitrogens is 1. The Morgan fingerprint density at radius 1 is 1.00 bits per heavy atom. The van der Waals surface area contributed by atoms with Crippen molar-refractivity contribution in [3.8, 4) is 0 Å². The van der Waals surface area contributed by atoms with Crippen molar-refractivity contribution < 1.29 is 9.69 Å².